The fraction of sp³-hybridized carbons (Fsp3) is 0.200. The lowest BCUT2D eigenvalue weighted by Crippen LogP contribution is -2.14. The fourth-order valence-electron chi connectivity index (χ4n) is 1.40. The van der Waals surface area contributed by atoms with Crippen LogP contribution in [0.25, 0.3) is 0 Å². The molecule has 3 N–H and O–H groups in total. The second-order valence-corrected chi connectivity index (χ2v) is 5.97. The number of ether oxygens (including phenoxy) is 1. The molecule has 0 spiro atoms. The van der Waals surface area contributed by atoms with E-state index in [4.69, 9.17) is 10.5 Å². The van der Waals surface area contributed by atoms with Crippen LogP contribution < -0.4 is 15.2 Å². The van der Waals surface area contributed by atoms with Gasteiger partial charge in [-0.1, -0.05) is 11.3 Å². The van der Waals surface area contributed by atoms with Gasteiger partial charge in [-0.15, -0.1) is 10.2 Å². The highest BCUT2D eigenvalue weighted by Gasteiger charge is 2.21. The molecule has 0 aliphatic heterocycles. The largest absolute Gasteiger partial charge is 0.492 e. The lowest BCUT2D eigenvalue weighted by molar-refractivity contribution is 0.331. The Hall–Kier alpha value is -1.87. The third-order valence-corrected chi connectivity index (χ3v) is 4.23. The highest BCUT2D eigenvalue weighted by Crippen LogP contribution is 2.28. The third-order valence-electron chi connectivity index (χ3n) is 2.14. The maximum absolute atomic E-state index is 12.2. The van der Waals surface area contributed by atoms with E-state index in [-0.39, 0.29) is 15.8 Å². The van der Waals surface area contributed by atoms with Gasteiger partial charge in [0, 0.05) is 5.69 Å². The van der Waals surface area contributed by atoms with E-state index in [0.717, 1.165) is 11.3 Å². The first-order chi connectivity index (χ1) is 9.03. The first kappa shape index (κ1) is 13.6. The maximum atomic E-state index is 12.2. The summed E-state index contributed by atoms with van der Waals surface area (Å²) in [6.45, 7) is 2.12. The van der Waals surface area contributed by atoms with E-state index in [2.05, 4.69) is 14.9 Å². The van der Waals surface area contributed by atoms with Gasteiger partial charge in [-0.2, -0.15) is 0 Å². The number of rotatable bonds is 5. The standard InChI is InChI=1S/C10H12N4O3S2/c1-2-17-8-4-3-7(11)5-9(8)19(15,16)14-10-13-12-6-18-10/h3-6H,2,11H2,1H3,(H,13,14). The van der Waals surface area contributed by atoms with E-state index in [1.807, 2.05) is 0 Å². The first-order valence-corrected chi connectivity index (χ1v) is 7.70. The van der Waals surface area contributed by atoms with Gasteiger partial charge in [0.2, 0.25) is 5.13 Å². The summed E-state index contributed by atoms with van der Waals surface area (Å²) in [4.78, 5) is -0.0236. The topological polar surface area (TPSA) is 107 Å². The van der Waals surface area contributed by atoms with E-state index >= 15 is 0 Å². The van der Waals surface area contributed by atoms with Gasteiger partial charge < -0.3 is 10.5 Å². The van der Waals surface area contributed by atoms with E-state index in [1.165, 1.54) is 17.6 Å². The molecule has 0 aliphatic carbocycles. The lowest BCUT2D eigenvalue weighted by Gasteiger charge is -2.11. The molecule has 1 aromatic heterocycles. The summed E-state index contributed by atoms with van der Waals surface area (Å²) >= 11 is 1.08. The predicted molar refractivity (Wildman–Crippen MR) is 72.7 cm³/mol. The van der Waals surface area contributed by atoms with Crippen molar-refractivity contribution in [3.63, 3.8) is 0 Å². The zero-order chi connectivity index (χ0) is 13.9. The second-order valence-electron chi connectivity index (χ2n) is 3.49. The Morgan fingerprint density at radius 3 is 2.89 bits per heavy atom. The highest BCUT2D eigenvalue weighted by molar-refractivity contribution is 7.93. The molecule has 19 heavy (non-hydrogen) atoms. The smallest absolute Gasteiger partial charge is 0.267 e. The number of hydrogen-bond donors (Lipinski definition) is 2. The Morgan fingerprint density at radius 1 is 1.47 bits per heavy atom. The fourth-order valence-corrected chi connectivity index (χ4v) is 3.27. The quantitative estimate of drug-likeness (QED) is 0.806. The molecule has 0 unspecified atom stereocenters. The predicted octanol–water partition coefficient (Wildman–Crippen LogP) is 1.32. The zero-order valence-corrected chi connectivity index (χ0v) is 11.7. The maximum Gasteiger partial charge on any atom is 0.267 e. The van der Waals surface area contributed by atoms with Crippen LogP contribution in [0, 0.1) is 0 Å². The van der Waals surface area contributed by atoms with Crippen LogP contribution in [-0.4, -0.2) is 25.2 Å². The van der Waals surface area contributed by atoms with Crippen LogP contribution in [0.5, 0.6) is 5.75 Å². The van der Waals surface area contributed by atoms with Crippen LogP contribution in [0.1, 0.15) is 6.92 Å². The lowest BCUT2D eigenvalue weighted by atomic mass is 10.3. The van der Waals surface area contributed by atoms with Crippen molar-refractivity contribution in [2.75, 3.05) is 17.1 Å². The normalized spacial score (nSPS) is 11.2. The average Bonchev–Trinajstić information content (AvgIpc) is 2.83. The summed E-state index contributed by atoms with van der Waals surface area (Å²) in [7, 11) is -3.81. The summed E-state index contributed by atoms with van der Waals surface area (Å²) in [5, 5.41) is 7.38. The van der Waals surface area contributed by atoms with Crippen molar-refractivity contribution in [2.45, 2.75) is 11.8 Å². The Bertz CT molecular complexity index is 655. The molecule has 0 atom stereocenters. The zero-order valence-electron chi connectivity index (χ0n) is 10.0. The van der Waals surface area contributed by atoms with Crippen molar-refractivity contribution < 1.29 is 13.2 Å². The highest BCUT2D eigenvalue weighted by atomic mass is 32.2. The summed E-state index contributed by atoms with van der Waals surface area (Å²) < 4.78 is 32.1. The summed E-state index contributed by atoms with van der Waals surface area (Å²) in [5.41, 5.74) is 7.39. The van der Waals surface area contributed by atoms with Crippen molar-refractivity contribution >= 4 is 32.2 Å². The van der Waals surface area contributed by atoms with Gasteiger partial charge in [0.05, 0.1) is 6.61 Å². The molecule has 0 radical (unpaired) electrons. The number of sulfonamides is 1. The number of nitrogens with two attached hydrogens (primary N) is 1. The summed E-state index contributed by atoms with van der Waals surface area (Å²) in [6, 6.07) is 4.44. The molecule has 7 nitrogen and oxygen atoms in total. The molecule has 2 rings (SSSR count). The molecule has 1 heterocycles. The van der Waals surface area contributed by atoms with Crippen LogP contribution in [0.15, 0.2) is 28.6 Å². The number of nitrogens with zero attached hydrogens (tertiary/aromatic N) is 2. The van der Waals surface area contributed by atoms with Crippen molar-refractivity contribution in [2.24, 2.45) is 0 Å². The minimum atomic E-state index is -3.81. The minimum Gasteiger partial charge on any atom is -0.492 e. The van der Waals surface area contributed by atoms with Crippen LogP contribution in [0.3, 0.4) is 0 Å². The number of nitrogens with one attached hydrogen (secondary N) is 1. The van der Waals surface area contributed by atoms with Gasteiger partial charge in [-0.05, 0) is 25.1 Å². The van der Waals surface area contributed by atoms with E-state index in [0.29, 0.717) is 12.3 Å². The number of hydrogen-bond acceptors (Lipinski definition) is 7. The van der Waals surface area contributed by atoms with Gasteiger partial charge in [0.15, 0.2) is 0 Å². The van der Waals surface area contributed by atoms with Gasteiger partial charge >= 0.3 is 0 Å². The molecular weight excluding hydrogens is 288 g/mol. The van der Waals surface area contributed by atoms with Crippen LogP contribution in [0.4, 0.5) is 10.8 Å². The first-order valence-electron chi connectivity index (χ1n) is 5.34. The van der Waals surface area contributed by atoms with E-state index in [9.17, 15) is 8.42 Å². The molecule has 0 aliphatic rings. The van der Waals surface area contributed by atoms with Crippen LogP contribution >= 0.6 is 11.3 Å². The number of anilines is 2. The molecular formula is C10H12N4O3S2. The monoisotopic (exact) mass is 300 g/mol. The SMILES string of the molecule is CCOc1ccc(N)cc1S(=O)(=O)Nc1nncs1. The number of aromatic nitrogens is 2. The second kappa shape index (κ2) is 5.41. The minimum absolute atomic E-state index is 0.0236. The molecule has 0 fully saturated rings. The summed E-state index contributed by atoms with van der Waals surface area (Å²) in [5.74, 6) is 0.244. The van der Waals surface area contributed by atoms with Gasteiger partial charge in [0.1, 0.15) is 16.2 Å². The Morgan fingerprint density at radius 2 is 2.26 bits per heavy atom. The Balaban J connectivity index is 2.41. The number of benzene rings is 1. The summed E-state index contributed by atoms with van der Waals surface area (Å²) in [6.07, 6.45) is 0. The van der Waals surface area contributed by atoms with Crippen molar-refractivity contribution in [1.29, 1.82) is 0 Å². The van der Waals surface area contributed by atoms with E-state index < -0.39 is 10.0 Å². The molecule has 1 aromatic carbocycles. The van der Waals surface area contributed by atoms with Crippen molar-refractivity contribution in [3.8, 4) is 5.75 Å². The molecule has 102 valence electrons. The molecule has 9 heteroatoms. The van der Waals surface area contributed by atoms with Crippen LogP contribution in [0.2, 0.25) is 0 Å². The van der Waals surface area contributed by atoms with Crippen molar-refractivity contribution in [1.82, 2.24) is 10.2 Å². The molecule has 0 saturated heterocycles. The molecule has 2 aromatic rings. The Labute approximate surface area is 114 Å². The van der Waals surface area contributed by atoms with Gasteiger partial charge in [-0.3, -0.25) is 4.72 Å². The van der Waals surface area contributed by atoms with Gasteiger partial charge in [-0.25, -0.2) is 8.42 Å². The van der Waals surface area contributed by atoms with Crippen molar-refractivity contribution in [3.05, 3.63) is 23.7 Å². The average molecular weight is 300 g/mol. The number of nitrogen functional groups attached to an aromatic ring is 1. The molecule has 0 amide bonds. The molecule has 0 saturated carbocycles. The third kappa shape index (κ3) is 3.12. The Kier molecular flexibility index (Phi) is 3.86. The van der Waals surface area contributed by atoms with Crippen LogP contribution in [-0.2, 0) is 10.0 Å². The van der Waals surface area contributed by atoms with E-state index in [1.54, 1.807) is 13.0 Å². The van der Waals surface area contributed by atoms with Gasteiger partial charge in [0.25, 0.3) is 10.0 Å². The molecule has 0 bridgehead atoms.